The molecule has 24 heavy (non-hydrogen) atoms. The molecule has 1 atom stereocenters. The third kappa shape index (κ3) is 4.39. The van der Waals surface area contributed by atoms with E-state index in [1.54, 1.807) is 30.3 Å². The summed E-state index contributed by atoms with van der Waals surface area (Å²) in [5.74, 6) is -1.32. The zero-order valence-electron chi connectivity index (χ0n) is 12.6. The molecule has 1 amide bonds. The van der Waals surface area contributed by atoms with Crippen LogP contribution in [-0.2, 0) is 9.53 Å². The van der Waals surface area contributed by atoms with E-state index in [9.17, 15) is 19.7 Å². The van der Waals surface area contributed by atoms with Gasteiger partial charge in [-0.2, -0.15) is 0 Å². The lowest BCUT2D eigenvalue weighted by molar-refractivity contribution is -0.383. The highest BCUT2D eigenvalue weighted by Gasteiger charge is 2.22. The normalized spacial score (nSPS) is 11.4. The first-order valence-electron chi connectivity index (χ1n) is 6.89. The number of nitro benzene ring substituents is 1. The number of esters is 1. The molecule has 0 saturated carbocycles. The Kier molecular flexibility index (Phi) is 5.64. The summed E-state index contributed by atoms with van der Waals surface area (Å²) in [6, 6.07) is 12.2. The predicted octanol–water partition coefficient (Wildman–Crippen LogP) is 3.54. The Morgan fingerprint density at radius 3 is 2.42 bits per heavy atom. The van der Waals surface area contributed by atoms with E-state index in [2.05, 4.69) is 21.2 Å². The molecule has 0 spiro atoms. The summed E-state index contributed by atoms with van der Waals surface area (Å²) < 4.78 is 5.88. The van der Waals surface area contributed by atoms with E-state index in [-0.39, 0.29) is 11.4 Å². The van der Waals surface area contributed by atoms with E-state index in [0.717, 1.165) is 4.47 Å². The smallest absolute Gasteiger partial charge is 0.338 e. The lowest BCUT2D eigenvalue weighted by atomic mass is 10.2. The van der Waals surface area contributed by atoms with Crippen LogP contribution in [0.3, 0.4) is 0 Å². The molecule has 0 unspecified atom stereocenters. The van der Waals surface area contributed by atoms with Gasteiger partial charge in [0.2, 0.25) is 0 Å². The van der Waals surface area contributed by atoms with Crippen LogP contribution in [0.2, 0.25) is 0 Å². The second-order valence-electron chi connectivity index (χ2n) is 4.82. The Balaban J connectivity index is 2.04. The molecule has 0 saturated heterocycles. The number of ether oxygens (including phenoxy) is 1. The van der Waals surface area contributed by atoms with Gasteiger partial charge in [0.1, 0.15) is 5.69 Å². The Hall–Kier alpha value is -2.74. The van der Waals surface area contributed by atoms with E-state index in [4.69, 9.17) is 4.74 Å². The number of nitro groups is 1. The van der Waals surface area contributed by atoms with Crippen LogP contribution in [0.15, 0.2) is 53.0 Å². The number of carbonyl (C=O) groups excluding carboxylic acids is 2. The van der Waals surface area contributed by atoms with Gasteiger partial charge in [-0.05, 0) is 37.3 Å². The monoisotopic (exact) mass is 392 g/mol. The molecule has 2 aromatic carbocycles. The van der Waals surface area contributed by atoms with Crippen LogP contribution in [0.4, 0.5) is 11.4 Å². The van der Waals surface area contributed by atoms with Gasteiger partial charge in [-0.3, -0.25) is 14.9 Å². The number of hydrogen-bond acceptors (Lipinski definition) is 5. The molecule has 124 valence electrons. The first-order valence-corrected chi connectivity index (χ1v) is 7.68. The molecular formula is C16H13BrN2O5. The van der Waals surface area contributed by atoms with E-state index in [0.29, 0.717) is 5.56 Å². The van der Waals surface area contributed by atoms with Gasteiger partial charge < -0.3 is 10.1 Å². The summed E-state index contributed by atoms with van der Waals surface area (Å²) in [6.07, 6.45) is -1.11. The van der Waals surface area contributed by atoms with Crippen molar-refractivity contribution < 1.29 is 19.2 Å². The molecule has 0 aliphatic carbocycles. The molecule has 0 radical (unpaired) electrons. The van der Waals surface area contributed by atoms with Crippen molar-refractivity contribution in [3.8, 4) is 0 Å². The number of anilines is 1. The number of benzene rings is 2. The highest BCUT2D eigenvalue weighted by atomic mass is 79.9. The molecule has 1 N–H and O–H groups in total. The van der Waals surface area contributed by atoms with E-state index < -0.39 is 22.9 Å². The maximum Gasteiger partial charge on any atom is 0.338 e. The van der Waals surface area contributed by atoms with Crippen LogP contribution in [-0.4, -0.2) is 22.9 Å². The number of nitrogens with zero attached hydrogens (tertiary/aromatic N) is 1. The van der Waals surface area contributed by atoms with Gasteiger partial charge in [0.05, 0.1) is 10.5 Å². The SMILES string of the molecule is C[C@@H](OC(=O)c1ccc(Br)cc1)C(=O)Nc1ccccc1[N+](=O)[O-]. The lowest BCUT2D eigenvalue weighted by Gasteiger charge is -2.13. The molecule has 7 nitrogen and oxygen atoms in total. The van der Waals surface area contributed by atoms with Gasteiger partial charge in [0.15, 0.2) is 6.10 Å². The van der Waals surface area contributed by atoms with Crippen LogP contribution in [0.25, 0.3) is 0 Å². The van der Waals surface area contributed by atoms with Crippen molar-refractivity contribution in [1.29, 1.82) is 0 Å². The topological polar surface area (TPSA) is 98.5 Å². The predicted molar refractivity (Wildman–Crippen MR) is 90.7 cm³/mol. The maximum absolute atomic E-state index is 12.1. The number of carbonyl (C=O) groups is 2. The number of amides is 1. The van der Waals surface area contributed by atoms with Gasteiger partial charge in [-0.1, -0.05) is 28.1 Å². The Labute approximate surface area is 145 Å². The quantitative estimate of drug-likeness (QED) is 0.476. The summed E-state index contributed by atoms with van der Waals surface area (Å²) >= 11 is 3.25. The summed E-state index contributed by atoms with van der Waals surface area (Å²) in [7, 11) is 0. The van der Waals surface area contributed by atoms with Gasteiger partial charge in [-0.15, -0.1) is 0 Å². The average Bonchev–Trinajstić information content (AvgIpc) is 2.55. The minimum Gasteiger partial charge on any atom is -0.449 e. The Morgan fingerprint density at radius 1 is 1.17 bits per heavy atom. The van der Waals surface area contributed by atoms with E-state index in [1.165, 1.54) is 25.1 Å². The zero-order chi connectivity index (χ0) is 17.7. The third-order valence-corrected chi connectivity index (χ3v) is 3.62. The number of rotatable bonds is 5. The van der Waals surface area contributed by atoms with Gasteiger partial charge in [0, 0.05) is 10.5 Å². The zero-order valence-corrected chi connectivity index (χ0v) is 14.1. The minimum absolute atomic E-state index is 0.0408. The summed E-state index contributed by atoms with van der Waals surface area (Å²) in [5, 5.41) is 13.3. The molecule has 0 aliphatic heterocycles. The van der Waals surface area contributed by atoms with E-state index >= 15 is 0 Å². The largest absolute Gasteiger partial charge is 0.449 e. The summed E-state index contributed by atoms with van der Waals surface area (Å²) in [5.41, 5.74) is 0.0971. The fourth-order valence-electron chi connectivity index (χ4n) is 1.84. The number of nitrogens with one attached hydrogen (secondary N) is 1. The summed E-state index contributed by atoms with van der Waals surface area (Å²) in [6.45, 7) is 1.39. The van der Waals surface area contributed by atoms with Crippen molar-refractivity contribution >= 4 is 39.2 Å². The molecule has 8 heteroatoms. The Bertz CT molecular complexity index is 776. The molecule has 0 aromatic heterocycles. The number of halogens is 1. The van der Waals surface area contributed by atoms with Crippen molar-refractivity contribution in [2.24, 2.45) is 0 Å². The van der Waals surface area contributed by atoms with Gasteiger partial charge >= 0.3 is 5.97 Å². The third-order valence-electron chi connectivity index (χ3n) is 3.09. The lowest BCUT2D eigenvalue weighted by Crippen LogP contribution is -2.30. The number of para-hydroxylation sites is 2. The van der Waals surface area contributed by atoms with E-state index in [1.807, 2.05) is 0 Å². The highest BCUT2D eigenvalue weighted by molar-refractivity contribution is 9.10. The van der Waals surface area contributed by atoms with Crippen molar-refractivity contribution in [2.45, 2.75) is 13.0 Å². The average molecular weight is 393 g/mol. The first-order chi connectivity index (χ1) is 11.4. The first kappa shape index (κ1) is 17.6. The molecule has 0 heterocycles. The molecular weight excluding hydrogens is 380 g/mol. The minimum atomic E-state index is -1.11. The summed E-state index contributed by atoms with van der Waals surface area (Å²) in [4.78, 5) is 34.4. The van der Waals surface area contributed by atoms with Crippen LogP contribution >= 0.6 is 15.9 Å². The standard InChI is InChI=1S/C16H13BrN2O5/c1-10(24-16(21)11-6-8-12(17)9-7-11)15(20)18-13-4-2-3-5-14(13)19(22)23/h2-10H,1H3,(H,18,20)/t10-/m1/s1. The van der Waals surface area contributed by atoms with Gasteiger partial charge in [0.25, 0.3) is 11.6 Å². The molecule has 2 aromatic rings. The number of hydrogen-bond donors (Lipinski definition) is 1. The van der Waals surface area contributed by atoms with Crippen molar-refractivity contribution in [2.75, 3.05) is 5.32 Å². The maximum atomic E-state index is 12.1. The van der Waals surface area contributed by atoms with Gasteiger partial charge in [-0.25, -0.2) is 4.79 Å². The Morgan fingerprint density at radius 2 is 1.79 bits per heavy atom. The molecule has 0 fully saturated rings. The second kappa shape index (κ2) is 7.69. The van der Waals surface area contributed by atoms with Crippen LogP contribution < -0.4 is 5.32 Å². The molecule has 2 rings (SSSR count). The fourth-order valence-corrected chi connectivity index (χ4v) is 2.11. The second-order valence-corrected chi connectivity index (χ2v) is 5.73. The van der Waals surface area contributed by atoms with Crippen molar-refractivity contribution in [3.63, 3.8) is 0 Å². The molecule has 0 bridgehead atoms. The highest BCUT2D eigenvalue weighted by Crippen LogP contribution is 2.23. The fraction of sp³-hybridized carbons (Fsp3) is 0.125. The molecule has 0 aliphatic rings. The van der Waals surface area contributed by atoms with Crippen LogP contribution in [0.1, 0.15) is 17.3 Å². The van der Waals surface area contributed by atoms with Crippen molar-refractivity contribution in [1.82, 2.24) is 0 Å². The van der Waals surface area contributed by atoms with Crippen molar-refractivity contribution in [3.05, 3.63) is 68.7 Å². The van der Waals surface area contributed by atoms with Crippen LogP contribution in [0, 0.1) is 10.1 Å². The van der Waals surface area contributed by atoms with Crippen LogP contribution in [0.5, 0.6) is 0 Å².